The Kier molecular flexibility index (Phi) is 9.28. The van der Waals surface area contributed by atoms with Crippen LogP contribution in [0, 0.1) is 12.8 Å². The van der Waals surface area contributed by atoms with Crippen LogP contribution in [0.3, 0.4) is 0 Å². The van der Waals surface area contributed by atoms with Gasteiger partial charge in [-0.2, -0.15) is 5.10 Å². The van der Waals surface area contributed by atoms with Gasteiger partial charge in [-0.05, 0) is 61.4 Å². The number of anilines is 2. The zero-order chi connectivity index (χ0) is 31.3. The van der Waals surface area contributed by atoms with Gasteiger partial charge in [-0.15, -0.1) is 0 Å². The molecule has 2 heterocycles. The summed E-state index contributed by atoms with van der Waals surface area (Å²) in [6.07, 6.45) is 2.50. The molecule has 2 N–H and O–H groups in total. The van der Waals surface area contributed by atoms with E-state index in [1.165, 1.54) is 0 Å². The lowest BCUT2D eigenvalue weighted by Gasteiger charge is -2.32. The summed E-state index contributed by atoms with van der Waals surface area (Å²) in [6, 6.07) is 26.8. The zero-order valence-corrected chi connectivity index (χ0v) is 26.0. The Labute approximate surface area is 259 Å². The van der Waals surface area contributed by atoms with Crippen molar-refractivity contribution in [2.24, 2.45) is 5.92 Å². The lowest BCUT2D eigenvalue weighted by molar-refractivity contribution is -0.145. The number of Topliss-reactive ketones (excluding diaryl/α,β-unsaturated/α-hetero) is 1. The molecule has 0 aliphatic carbocycles. The number of benzene rings is 3. The van der Waals surface area contributed by atoms with E-state index in [1.54, 1.807) is 9.58 Å². The molecule has 0 radical (unpaired) electrons. The average Bonchev–Trinajstić information content (AvgIpc) is 3.43. The van der Waals surface area contributed by atoms with Crippen LogP contribution in [0.1, 0.15) is 56.0 Å². The molecule has 1 aliphatic heterocycles. The Bertz CT molecular complexity index is 1610. The van der Waals surface area contributed by atoms with Crippen LogP contribution in [0.2, 0.25) is 0 Å². The van der Waals surface area contributed by atoms with Crippen LogP contribution in [-0.2, 0) is 27.8 Å². The van der Waals surface area contributed by atoms with Gasteiger partial charge in [0.2, 0.25) is 5.78 Å². The molecule has 44 heavy (non-hydrogen) atoms. The number of likely N-dealkylation sites (tertiary alicyclic amines) is 1. The fraction of sp³-hybridized carbons (Fsp3) is 0.333. The smallest absolute Gasteiger partial charge is 0.324 e. The van der Waals surface area contributed by atoms with E-state index < -0.39 is 5.91 Å². The van der Waals surface area contributed by atoms with Crippen LogP contribution in [0.5, 0.6) is 0 Å². The second-order valence-electron chi connectivity index (χ2n) is 12.7. The van der Waals surface area contributed by atoms with Crippen LogP contribution in [0.25, 0.3) is 5.69 Å². The maximum atomic E-state index is 13.3. The number of piperidine rings is 1. The predicted molar refractivity (Wildman–Crippen MR) is 174 cm³/mol. The molecule has 1 aliphatic rings. The summed E-state index contributed by atoms with van der Waals surface area (Å²) < 4.78 is 1.77. The number of para-hydroxylation sites is 1. The van der Waals surface area contributed by atoms with Crippen LogP contribution in [-0.4, -0.2) is 45.5 Å². The highest BCUT2D eigenvalue weighted by atomic mass is 16.2. The van der Waals surface area contributed by atoms with Crippen molar-refractivity contribution in [1.82, 2.24) is 14.7 Å². The van der Waals surface area contributed by atoms with Gasteiger partial charge in [0.25, 0.3) is 5.91 Å². The molecule has 5 rings (SSSR count). The summed E-state index contributed by atoms with van der Waals surface area (Å²) in [7, 11) is 0. The van der Waals surface area contributed by atoms with E-state index in [2.05, 4.69) is 31.4 Å². The van der Waals surface area contributed by atoms with Gasteiger partial charge in [-0.1, -0.05) is 87.0 Å². The third kappa shape index (κ3) is 7.61. The third-order valence-corrected chi connectivity index (χ3v) is 8.12. The highest BCUT2D eigenvalue weighted by Gasteiger charge is 2.28. The Balaban J connectivity index is 1.21. The first-order valence-corrected chi connectivity index (χ1v) is 15.3. The van der Waals surface area contributed by atoms with Crippen LogP contribution < -0.4 is 10.6 Å². The Morgan fingerprint density at radius 2 is 1.52 bits per heavy atom. The second kappa shape index (κ2) is 13.3. The largest absolute Gasteiger partial charge is 0.336 e. The van der Waals surface area contributed by atoms with Crippen molar-refractivity contribution >= 4 is 29.2 Å². The van der Waals surface area contributed by atoms with E-state index in [9.17, 15) is 14.4 Å². The SMILES string of the molecule is Cc1ccc(-n2nc(C(C)(C)C)cc2NC(=O)Nc2ccccc2CC2CCN(C(=O)C(=O)Cc3ccccc3)CC2)cc1. The van der Waals surface area contributed by atoms with Crippen molar-refractivity contribution < 1.29 is 14.4 Å². The number of nitrogens with zero attached hydrogens (tertiary/aromatic N) is 3. The third-order valence-electron chi connectivity index (χ3n) is 8.12. The molecular formula is C36H41N5O3. The molecule has 3 amide bonds. The molecule has 0 bridgehead atoms. The fourth-order valence-corrected chi connectivity index (χ4v) is 5.49. The van der Waals surface area contributed by atoms with E-state index in [0.29, 0.717) is 24.8 Å². The molecule has 0 spiro atoms. The molecule has 228 valence electrons. The molecule has 1 saturated heterocycles. The van der Waals surface area contributed by atoms with Crippen molar-refractivity contribution in [3.05, 3.63) is 107 Å². The minimum atomic E-state index is -0.398. The van der Waals surface area contributed by atoms with Gasteiger partial charge < -0.3 is 10.2 Å². The number of aromatic nitrogens is 2. The van der Waals surface area contributed by atoms with Gasteiger partial charge in [0, 0.05) is 36.7 Å². The first kappa shape index (κ1) is 30.7. The molecule has 8 heteroatoms. The minimum absolute atomic E-state index is 0.129. The Hall–Kier alpha value is -4.72. The number of urea groups is 1. The van der Waals surface area contributed by atoms with Crippen LogP contribution in [0.4, 0.5) is 16.3 Å². The maximum absolute atomic E-state index is 13.3. The highest BCUT2D eigenvalue weighted by Crippen LogP contribution is 2.28. The molecule has 1 fully saturated rings. The topological polar surface area (TPSA) is 96.3 Å². The predicted octanol–water partition coefficient (Wildman–Crippen LogP) is 6.72. The van der Waals surface area contributed by atoms with E-state index in [1.807, 2.05) is 91.9 Å². The normalized spacial score (nSPS) is 13.9. The number of ketones is 1. The van der Waals surface area contributed by atoms with Gasteiger partial charge in [0.15, 0.2) is 0 Å². The lowest BCUT2D eigenvalue weighted by atomic mass is 9.89. The number of aryl methyl sites for hydroxylation is 1. The van der Waals surface area contributed by atoms with Crippen LogP contribution >= 0.6 is 0 Å². The fourth-order valence-electron chi connectivity index (χ4n) is 5.49. The number of hydrogen-bond donors (Lipinski definition) is 2. The number of rotatable bonds is 8. The molecule has 1 aromatic heterocycles. The molecule has 0 atom stereocenters. The standard InChI is InChI=1S/C36H41N5O3/c1-25-14-16-29(17-15-25)41-33(24-32(39-41)36(2,3)4)38-35(44)37-30-13-9-8-12-28(30)22-27-18-20-40(21-19-27)34(43)31(42)23-26-10-6-5-7-11-26/h5-17,24,27H,18-23H2,1-4H3,(H2,37,38,44). The monoisotopic (exact) mass is 591 g/mol. The van der Waals surface area contributed by atoms with Gasteiger partial charge in [-0.3, -0.25) is 14.9 Å². The highest BCUT2D eigenvalue weighted by molar-refractivity contribution is 6.36. The van der Waals surface area contributed by atoms with Crippen molar-refractivity contribution in [3.8, 4) is 5.69 Å². The minimum Gasteiger partial charge on any atom is -0.336 e. The quantitative estimate of drug-likeness (QED) is 0.223. The molecule has 3 aromatic carbocycles. The number of amides is 3. The summed E-state index contributed by atoms with van der Waals surface area (Å²) in [5, 5.41) is 10.9. The number of hydrogen-bond acceptors (Lipinski definition) is 4. The van der Waals surface area contributed by atoms with Gasteiger partial charge in [0.05, 0.1) is 11.4 Å². The van der Waals surface area contributed by atoms with Gasteiger partial charge >= 0.3 is 6.03 Å². The second-order valence-corrected chi connectivity index (χ2v) is 12.7. The zero-order valence-electron chi connectivity index (χ0n) is 26.0. The van der Waals surface area contributed by atoms with E-state index in [0.717, 1.165) is 53.0 Å². The summed E-state index contributed by atoms with van der Waals surface area (Å²) in [5.74, 6) is 0.165. The number of nitrogens with one attached hydrogen (secondary N) is 2. The first-order chi connectivity index (χ1) is 21.1. The summed E-state index contributed by atoms with van der Waals surface area (Å²) in [5.41, 5.74) is 5.34. The van der Waals surface area contributed by atoms with E-state index in [-0.39, 0.29) is 23.7 Å². The summed E-state index contributed by atoms with van der Waals surface area (Å²) in [6.45, 7) is 9.43. The van der Waals surface area contributed by atoms with E-state index in [4.69, 9.17) is 5.10 Å². The molecule has 4 aromatic rings. The maximum Gasteiger partial charge on any atom is 0.324 e. The number of carbonyl (C=O) groups excluding carboxylic acids is 3. The van der Waals surface area contributed by atoms with E-state index >= 15 is 0 Å². The molecular weight excluding hydrogens is 550 g/mol. The summed E-state index contributed by atoms with van der Waals surface area (Å²) in [4.78, 5) is 40.4. The lowest BCUT2D eigenvalue weighted by Crippen LogP contribution is -2.43. The summed E-state index contributed by atoms with van der Waals surface area (Å²) >= 11 is 0. The van der Waals surface area contributed by atoms with Crippen molar-refractivity contribution in [2.45, 2.75) is 58.8 Å². The van der Waals surface area contributed by atoms with Crippen molar-refractivity contribution in [3.63, 3.8) is 0 Å². The molecule has 0 saturated carbocycles. The molecule has 8 nitrogen and oxygen atoms in total. The first-order valence-electron chi connectivity index (χ1n) is 15.3. The van der Waals surface area contributed by atoms with Gasteiger partial charge in [-0.25, -0.2) is 9.48 Å². The van der Waals surface area contributed by atoms with Gasteiger partial charge in [0.1, 0.15) is 5.82 Å². The Morgan fingerprint density at radius 1 is 0.864 bits per heavy atom. The van der Waals surface area contributed by atoms with Crippen molar-refractivity contribution in [2.75, 3.05) is 23.7 Å². The number of carbonyl (C=O) groups is 3. The average molecular weight is 592 g/mol. The molecule has 0 unspecified atom stereocenters. The van der Waals surface area contributed by atoms with Crippen molar-refractivity contribution in [1.29, 1.82) is 0 Å². The Morgan fingerprint density at radius 3 is 2.20 bits per heavy atom. The van der Waals surface area contributed by atoms with Crippen LogP contribution in [0.15, 0.2) is 84.9 Å².